The van der Waals surface area contributed by atoms with Crippen LogP contribution in [0.25, 0.3) is 0 Å². The molecule has 4 nitrogen and oxygen atoms in total. The van der Waals surface area contributed by atoms with E-state index in [1.54, 1.807) is 0 Å². The number of hydrogen-bond acceptors (Lipinski definition) is 2. The van der Waals surface area contributed by atoms with Crippen LogP contribution in [0.2, 0.25) is 0 Å². The SMILES string of the molecule is CCC(C)c1ccc(CCNC(=O)C(N)=O)cc1. The van der Waals surface area contributed by atoms with Crippen molar-refractivity contribution < 1.29 is 9.59 Å². The second kappa shape index (κ2) is 6.79. The Bertz CT molecular complexity index is 412. The summed E-state index contributed by atoms with van der Waals surface area (Å²) in [7, 11) is 0. The number of nitrogens with one attached hydrogen (secondary N) is 1. The topological polar surface area (TPSA) is 72.2 Å². The normalized spacial score (nSPS) is 11.9. The highest BCUT2D eigenvalue weighted by Crippen LogP contribution is 2.18. The molecule has 0 aliphatic heterocycles. The summed E-state index contributed by atoms with van der Waals surface area (Å²) in [5.41, 5.74) is 7.29. The van der Waals surface area contributed by atoms with Crippen LogP contribution in [-0.2, 0) is 16.0 Å². The van der Waals surface area contributed by atoms with Gasteiger partial charge in [-0.2, -0.15) is 0 Å². The molecule has 98 valence electrons. The zero-order valence-corrected chi connectivity index (χ0v) is 10.9. The van der Waals surface area contributed by atoms with Crippen LogP contribution in [-0.4, -0.2) is 18.4 Å². The van der Waals surface area contributed by atoms with Crippen molar-refractivity contribution in [2.45, 2.75) is 32.6 Å². The lowest BCUT2D eigenvalue weighted by molar-refractivity contribution is -0.137. The Balaban J connectivity index is 2.44. The van der Waals surface area contributed by atoms with Crippen LogP contribution in [0.5, 0.6) is 0 Å². The van der Waals surface area contributed by atoms with Gasteiger partial charge in [0.15, 0.2) is 0 Å². The van der Waals surface area contributed by atoms with Gasteiger partial charge in [-0.15, -0.1) is 0 Å². The lowest BCUT2D eigenvalue weighted by Crippen LogP contribution is -2.37. The van der Waals surface area contributed by atoms with Gasteiger partial charge < -0.3 is 11.1 Å². The number of benzene rings is 1. The molecular weight excluding hydrogens is 228 g/mol. The molecule has 0 saturated heterocycles. The monoisotopic (exact) mass is 248 g/mol. The van der Waals surface area contributed by atoms with Crippen LogP contribution >= 0.6 is 0 Å². The number of carbonyl (C=O) groups is 2. The van der Waals surface area contributed by atoms with Crippen molar-refractivity contribution in [2.75, 3.05) is 6.54 Å². The van der Waals surface area contributed by atoms with E-state index in [0.29, 0.717) is 18.9 Å². The minimum atomic E-state index is -0.942. The molecule has 18 heavy (non-hydrogen) atoms. The van der Waals surface area contributed by atoms with Crippen molar-refractivity contribution in [3.05, 3.63) is 35.4 Å². The number of carbonyl (C=O) groups excluding carboxylic acids is 2. The molecule has 0 radical (unpaired) electrons. The van der Waals surface area contributed by atoms with E-state index >= 15 is 0 Å². The Morgan fingerprint density at radius 2 is 1.89 bits per heavy atom. The largest absolute Gasteiger partial charge is 0.361 e. The molecular formula is C14H20N2O2. The van der Waals surface area contributed by atoms with E-state index in [2.05, 4.69) is 43.4 Å². The maximum Gasteiger partial charge on any atom is 0.309 e. The van der Waals surface area contributed by atoms with Gasteiger partial charge in [-0.25, -0.2) is 0 Å². The van der Waals surface area contributed by atoms with Crippen molar-refractivity contribution in [3.8, 4) is 0 Å². The van der Waals surface area contributed by atoms with Gasteiger partial charge in [0.05, 0.1) is 0 Å². The van der Waals surface area contributed by atoms with E-state index in [1.165, 1.54) is 5.56 Å². The molecule has 0 aromatic heterocycles. The Hall–Kier alpha value is -1.84. The zero-order chi connectivity index (χ0) is 13.5. The van der Waals surface area contributed by atoms with Gasteiger partial charge in [0.1, 0.15) is 0 Å². The molecule has 0 aliphatic rings. The quantitative estimate of drug-likeness (QED) is 0.772. The summed E-state index contributed by atoms with van der Waals surface area (Å²) in [5.74, 6) is -1.11. The first kappa shape index (κ1) is 14.2. The maximum absolute atomic E-state index is 10.9. The maximum atomic E-state index is 10.9. The van der Waals surface area contributed by atoms with Crippen molar-refractivity contribution in [1.82, 2.24) is 5.32 Å². The Morgan fingerprint density at radius 1 is 1.28 bits per heavy atom. The average Bonchev–Trinajstić information content (AvgIpc) is 2.38. The van der Waals surface area contributed by atoms with Gasteiger partial charge in [0, 0.05) is 6.54 Å². The average molecular weight is 248 g/mol. The van der Waals surface area contributed by atoms with Crippen LogP contribution in [0.15, 0.2) is 24.3 Å². The summed E-state index contributed by atoms with van der Waals surface area (Å²) < 4.78 is 0. The third-order valence-corrected chi connectivity index (χ3v) is 3.08. The summed E-state index contributed by atoms with van der Waals surface area (Å²) in [6.07, 6.45) is 1.81. The minimum absolute atomic E-state index is 0.421. The number of rotatable bonds is 5. The van der Waals surface area contributed by atoms with Crippen molar-refractivity contribution >= 4 is 11.8 Å². The fourth-order valence-electron chi connectivity index (χ4n) is 1.66. The highest BCUT2D eigenvalue weighted by Gasteiger charge is 2.07. The summed E-state index contributed by atoms with van der Waals surface area (Å²) >= 11 is 0. The summed E-state index contributed by atoms with van der Waals surface area (Å²) in [6.45, 7) is 4.78. The molecule has 1 atom stereocenters. The number of primary amides is 1. The Kier molecular flexibility index (Phi) is 5.36. The molecule has 2 amide bonds. The molecule has 0 spiro atoms. The molecule has 1 aromatic carbocycles. The fraction of sp³-hybridized carbons (Fsp3) is 0.429. The second-order valence-corrected chi connectivity index (χ2v) is 4.42. The van der Waals surface area contributed by atoms with Gasteiger partial charge in [-0.1, -0.05) is 38.1 Å². The van der Waals surface area contributed by atoms with Crippen molar-refractivity contribution in [1.29, 1.82) is 0 Å². The standard InChI is InChI=1S/C14H20N2O2/c1-3-10(2)12-6-4-11(5-7-12)8-9-16-14(18)13(15)17/h4-7,10H,3,8-9H2,1-2H3,(H2,15,17)(H,16,18). The lowest BCUT2D eigenvalue weighted by atomic mass is 9.97. The molecule has 0 saturated carbocycles. The predicted molar refractivity (Wildman–Crippen MR) is 71.1 cm³/mol. The van der Waals surface area contributed by atoms with E-state index in [1.807, 2.05) is 0 Å². The second-order valence-electron chi connectivity index (χ2n) is 4.42. The number of nitrogens with two attached hydrogens (primary N) is 1. The molecule has 0 heterocycles. The van der Waals surface area contributed by atoms with E-state index in [9.17, 15) is 9.59 Å². The van der Waals surface area contributed by atoms with E-state index in [-0.39, 0.29) is 0 Å². The zero-order valence-electron chi connectivity index (χ0n) is 10.9. The first-order chi connectivity index (χ1) is 8.54. The summed E-state index contributed by atoms with van der Waals surface area (Å²) in [6, 6.07) is 8.33. The number of amides is 2. The van der Waals surface area contributed by atoms with Crippen LogP contribution in [0.3, 0.4) is 0 Å². The first-order valence-corrected chi connectivity index (χ1v) is 6.21. The van der Waals surface area contributed by atoms with Crippen LogP contribution in [0.4, 0.5) is 0 Å². The third-order valence-electron chi connectivity index (χ3n) is 3.08. The Morgan fingerprint density at radius 3 is 2.39 bits per heavy atom. The molecule has 0 bridgehead atoms. The smallest absolute Gasteiger partial charge is 0.309 e. The number of hydrogen-bond donors (Lipinski definition) is 2. The first-order valence-electron chi connectivity index (χ1n) is 6.21. The molecule has 1 unspecified atom stereocenters. The van der Waals surface area contributed by atoms with Gasteiger partial charge in [0.2, 0.25) is 0 Å². The third kappa shape index (κ3) is 4.20. The van der Waals surface area contributed by atoms with E-state index < -0.39 is 11.8 Å². The van der Waals surface area contributed by atoms with E-state index in [0.717, 1.165) is 12.0 Å². The molecule has 3 N–H and O–H groups in total. The van der Waals surface area contributed by atoms with Crippen molar-refractivity contribution in [2.24, 2.45) is 5.73 Å². The summed E-state index contributed by atoms with van der Waals surface area (Å²) in [4.78, 5) is 21.4. The lowest BCUT2D eigenvalue weighted by Gasteiger charge is -2.09. The van der Waals surface area contributed by atoms with Crippen LogP contribution < -0.4 is 11.1 Å². The molecule has 1 aromatic rings. The van der Waals surface area contributed by atoms with Gasteiger partial charge in [-0.3, -0.25) is 9.59 Å². The van der Waals surface area contributed by atoms with E-state index in [4.69, 9.17) is 5.73 Å². The summed E-state index contributed by atoms with van der Waals surface area (Å²) in [5, 5.41) is 2.47. The van der Waals surface area contributed by atoms with Gasteiger partial charge >= 0.3 is 11.8 Å². The van der Waals surface area contributed by atoms with Crippen LogP contribution in [0.1, 0.15) is 37.3 Å². The molecule has 1 rings (SSSR count). The molecule has 0 aliphatic carbocycles. The highest BCUT2D eigenvalue weighted by atomic mass is 16.2. The van der Waals surface area contributed by atoms with Crippen LogP contribution in [0, 0.1) is 0 Å². The molecule has 4 heteroatoms. The minimum Gasteiger partial charge on any atom is -0.361 e. The van der Waals surface area contributed by atoms with Gasteiger partial charge in [0.25, 0.3) is 0 Å². The van der Waals surface area contributed by atoms with Crippen molar-refractivity contribution in [3.63, 3.8) is 0 Å². The Labute approximate surface area is 108 Å². The highest BCUT2D eigenvalue weighted by molar-refractivity contribution is 6.34. The van der Waals surface area contributed by atoms with Gasteiger partial charge in [-0.05, 0) is 29.9 Å². The predicted octanol–water partition coefficient (Wildman–Crippen LogP) is 1.34. The fourth-order valence-corrected chi connectivity index (χ4v) is 1.66. The molecule has 0 fully saturated rings.